The van der Waals surface area contributed by atoms with E-state index in [9.17, 15) is 0 Å². The summed E-state index contributed by atoms with van der Waals surface area (Å²) >= 11 is 0. The van der Waals surface area contributed by atoms with Crippen LogP contribution in [0.15, 0.2) is 0 Å². The number of nitrogens with zero attached hydrogens (tertiary/aromatic N) is 4. The third-order valence-corrected chi connectivity index (χ3v) is 3.93. The zero-order chi connectivity index (χ0) is 11.7. The van der Waals surface area contributed by atoms with Crippen molar-refractivity contribution in [3.8, 4) is 0 Å². The molecule has 0 aliphatic carbocycles. The second kappa shape index (κ2) is 4.34. The van der Waals surface area contributed by atoms with Gasteiger partial charge in [-0.1, -0.05) is 0 Å². The van der Waals surface area contributed by atoms with Gasteiger partial charge in [-0.2, -0.15) is 0 Å². The molecule has 3 rings (SSSR count). The normalized spacial score (nSPS) is 32.8. The Morgan fingerprint density at radius 3 is 2.24 bits per heavy atom. The summed E-state index contributed by atoms with van der Waals surface area (Å²) in [5.74, 6) is 0. The summed E-state index contributed by atoms with van der Waals surface area (Å²) in [7, 11) is 0. The molecule has 93 valence electrons. The fourth-order valence-corrected chi connectivity index (χ4v) is 2.90. The molecule has 0 spiro atoms. The van der Waals surface area contributed by atoms with Gasteiger partial charge in [0.2, 0.25) is 6.33 Å². The van der Waals surface area contributed by atoms with Crippen LogP contribution in [0.4, 0.5) is 0 Å². The number of tetrazole rings is 1. The van der Waals surface area contributed by atoms with Crippen molar-refractivity contribution in [3.63, 3.8) is 0 Å². The van der Waals surface area contributed by atoms with Gasteiger partial charge in [-0.15, -0.1) is 5.10 Å². The van der Waals surface area contributed by atoms with Crippen LogP contribution in [0.25, 0.3) is 0 Å². The average Bonchev–Trinajstić information content (AvgIpc) is 3.10. The van der Waals surface area contributed by atoms with Gasteiger partial charge in [-0.3, -0.25) is 0 Å². The zero-order valence-electron chi connectivity index (χ0n) is 10.0. The number of aromatic nitrogens is 4. The molecule has 0 bridgehead atoms. The van der Waals surface area contributed by atoms with E-state index in [0.29, 0.717) is 0 Å². The molecule has 17 heavy (non-hydrogen) atoms. The molecule has 2 fully saturated rings. The Morgan fingerprint density at radius 1 is 1.18 bits per heavy atom. The Balaban J connectivity index is 1.93. The summed E-state index contributed by atoms with van der Waals surface area (Å²) < 4.78 is 13.4. The van der Waals surface area contributed by atoms with Crippen molar-refractivity contribution in [1.29, 1.82) is 0 Å². The van der Waals surface area contributed by atoms with Crippen molar-refractivity contribution in [3.05, 3.63) is 6.33 Å². The van der Waals surface area contributed by atoms with E-state index in [-0.39, 0.29) is 17.7 Å². The third kappa shape index (κ3) is 1.75. The first kappa shape index (κ1) is 11.1. The Morgan fingerprint density at radius 2 is 1.82 bits per heavy atom. The summed E-state index contributed by atoms with van der Waals surface area (Å²) in [6.45, 7) is 3.75. The van der Waals surface area contributed by atoms with Gasteiger partial charge in [-0.25, -0.2) is 4.68 Å². The van der Waals surface area contributed by atoms with Crippen molar-refractivity contribution in [2.24, 2.45) is 0 Å². The quantitative estimate of drug-likeness (QED) is 0.768. The fourth-order valence-electron chi connectivity index (χ4n) is 2.90. The predicted molar refractivity (Wildman–Crippen MR) is 58.2 cm³/mol. The van der Waals surface area contributed by atoms with E-state index in [1.807, 2.05) is 0 Å². The van der Waals surface area contributed by atoms with Crippen molar-refractivity contribution < 1.29 is 9.47 Å². The smallest absolute Gasteiger partial charge is 0.222 e. The van der Waals surface area contributed by atoms with Crippen molar-refractivity contribution in [2.45, 2.75) is 50.4 Å². The zero-order valence-corrected chi connectivity index (χ0v) is 10.0. The van der Waals surface area contributed by atoms with Crippen LogP contribution in [0.3, 0.4) is 0 Å². The lowest BCUT2D eigenvalue weighted by atomic mass is 9.85. The van der Waals surface area contributed by atoms with Gasteiger partial charge < -0.3 is 9.47 Å². The van der Waals surface area contributed by atoms with Crippen LogP contribution in [0.1, 0.15) is 32.6 Å². The topological polar surface area (TPSA) is 62.1 Å². The lowest BCUT2D eigenvalue weighted by Gasteiger charge is -2.38. The Labute approximate surface area is 100 Å². The van der Waals surface area contributed by atoms with Gasteiger partial charge in [0.1, 0.15) is 5.54 Å². The van der Waals surface area contributed by atoms with Crippen LogP contribution in [-0.4, -0.2) is 45.6 Å². The SMILES string of the molecule is CC(C1CCCO1)(C1CCCO1)n1[c]nnn1. The van der Waals surface area contributed by atoms with E-state index in [2.05, 4.69) is 28.8 Å². The fraction of sp³-hybridized carbons (Fsp3) is 0.909. The summed E-state index contributed by atoms with van der Waals surface area (Å²) in [6.07, 6.45) is 7.30. The first-order chi connectivity index (χ1) is 8.32. The molecule has 0 aromatic carbocycles. The van der Waals surface area contributed by atoms with Gasteiger partial charge in [0.15, 0.2) is 0 Å². The molecule has 2 atom stereocenters. The van der Waals surface area contributed by atoms with Crippen LogP contribution in [0.5, 0.6) is 0 Å². The predicted octanol–water partition coefficient (Wildman–Crippen LogP) is 0.546. The molecule has 0 saturated carbocycles. The maximum Gasteiger partial charge on any atom is 0.222 e. The van der Waals surface area contributed by atoms with Crippen molar-refractivity contribution in [1.82, 2.24) is 20.2 Å². The largest absolute Gasteiger partial charge is 0.376 e. The molecular formula is C11H17N4O2. The number of ether oxygens (including phenoxy) is 2. The molecule has 6 heteroatoms. The summed E-state index contributed by atoms with van der Waals surface area (Å²) in [4.78, 5) is 0. The Kier molecular flexibility index (Phi) is 2.84. The van der Waals surface area contributed by atoms with Crippen molar-refractivity contribution >= 4 is 0 Å². The first-order valence-corrected chi connectivity index (χ1v) is 6.21. The Hall–Kier alpha value is -1.01. The molecule has 2 saturated heterocycles. The highest BCUT2D eigenvalue weighted by Crippen LogP contribution is 2.37. The maximum atomic E-state index is 5.84. The first-order valence-electron chi connectivity index (χ1n) is 6.21. The molecule has 0 amide bonds. The second-order valence-corrected chi connectivity index (χ2v) is 4.92. The second-order valence-electron chi connectivity index (χ2n) is 4.92. The molecular weight excluding hydrogens is 220 g/mol. The van der Waals surface area contributed by atoms with Crippen LogP contribution < -0.4 is 0 Å². The molecule has 2 aliphatic heterocycles. The average molecular weight is 237 g/mol. The lowest BCUT2D eigenvalue weighted by molar-refractivity contribution is -0.0760. The lowest BCUT2D eigenvalue weighted by Crippen LogP contribution is -2.51. The minimum absolute atomic E-state index is 0.116. The summed E-state index contributed by atoms with van der Waals surface area (Å²) in [6, 6.07) is 0. The van der Waals surface area contributed by atoms with E-state index in [0.717, 1.165) is 38.9 Å². The van der Waals surface area contributed by atoms with Crippen LogP contribution in [-0.2, 0) is 15.0 Å². The van der Waals surface area contributed by atoms with Gasteiger partial charge >= 0.3 is 0 Å². The molecule has 2 aliphatic rings. The Bertz CT molecular complexity index is 340. The third-order valence-electron chi connectivity index (χ3n) is 3.93. The van der Waals surface area contributed by atoms with E-state index in [1.165, 1.54) is 0 Å². The maximum absolute atomic E-state index is 5.84. The summed E-state index contributed by atoms with van der Waals surface area (Å²) in [5, 5.41) is 11.3. The molecule has 3 heterocycles. The van der Waals surface area contributed by atoms with Crippen LogP contribution in [0.2, 0.25) is 0 Å². The van der Waals surface area contributed by atoms with Crippen molar-refractivity contribution in [2.75, 3.05) is 13.2 Å². The molecule has 6 nitrogen and oxygen atoms in total. The number of hydrogen-bond donors (Lipinski definition) is 0. The molecule has 2 unspecified atom stereocenters. The highest BCUT2D eigenvalue weighted by atomic mass is 16.5. The summed E-state index contributed by atoms with van der Waals surface area (Å²) in [5.41, 5.74) is -0.337. The van der Waals surface area contributed by atoms with E-state index >= 15 is 0 Å². The molecule has 1 radical (unpaired) electrons. The minimum atomic E-state index is -0.337. The van der Waals surface area contributed by atoms with Gasteiger partial charge in [0.25, 0.3) is 0 Å². The highest BCUT2D eigenvalue weighted by molar-refractivity contribution is 4.97. The van der Waals surface area contributed by atoms with E-state index in [1.54, 1.807) is 4.68 Å². The molecule has 0 N–H and O–H groups in total. The van der Waals surface area contributed by atoms with Gasteiger partial charge in [0, 0.05) is 13.2 Å². The van der Waals surface area contributed by atoms with Gasteiger partial charge in [0.05, 0.1) is 12.2 Å². The van der Waals surface area contributed by atoms with E-state index < -0.39 is 0 Å². The number of hydrogen-bond acceptors (Lipinski definition) is 5. The van der Waals surface area contributed by atoms with Crippen LogP contribution in [0, 0.1) is 6.33 Å². The monoisotopic (exact) mass is 237 g/mol. The van der Waals surface area contributed by atoms with Gasteiger partial charge in [-0.05, 0) is 43.0 Å². The minimum Gasteiger partial charge on any atom is -0.376 e. The highest BCUT2D eigenvalue weighted by Gasteiger charge is 2.48. The number of rotatable bonds is 3. The van der Waals surface area contributed by atoms with E-state index in [4.69, 9.17) is 9.47 Å². The molecule has 1 aromatic heterocycles. The molecule has 1 aromatic rings. The standard InChI is InChI=1S/C11H17N4O2/c1-11(9-4-2-6-16-9,10-5-3-7-17-10)15-8-12-13-14-15/h9-10H,2-7H2,1H3. The van der Waals surface area contributed by atoms with Crippen LogP contribution >= 0.6 is 0 Å².